The fraction of sp³-hybridized carbons (Fsp3) is 0.500. The van der Waals surface area contributed by atoms with Crippen molar-refractivity contribution in [3.05, 3.63) is 12.7 Å². The summed E-state index contributed by atoms with van der Waals surface area (Å²) >= 11 is 0. The summed E-state index contributed by atoms with van der Waals surface area (Å²) in [4.78, 5) is 11.2. The molecule has 0 aromatic heterocycles. The van der Waals surface area contributed by atoms with Gasteiger partial charge in [-0.3, -0.25) is 4.79 Å². The Bertz CT molecular complexity index is 217. The summed E-state index contributed by atoms with van der Waals surface area (Å²) < 4.78 is 0. The maximum absolute atomic E-state index is 11.2. The third-order valence-electron chi connectivity index (χ3n) is 1.62. The van der Waals surface area contributed by atoms with Gasteiger partial charge in [-0.1, -0.05) is 12.0 Å². The van der Waals surface area contributed by atoms with Crippen LogP contribution in [0.1, 0.15) is 13.8 Å². The lowest BCUT2D eigenvalue weighted by Gasteiger charge is -2.15. The number of carbonyl (C=O) groups excluding carboxylic acids is 1. The highest BCUT2D eigenvalue weighted by molar-refractivity contribution is 5.81. The number of carbonyl (C=O) groups is 1. The van der Waals surface area contributed by atoms with Gasteiger partial charge in [0.25, 0.3) is 0 Å². The zero-order valence-electron chi connectivity index (χ0n) is 8.13. The Morgan fingerprint density at radius 2 is 2.31 bits per heavy atom. The molecule has 0 fully saturated rings. The molecule has 3 nitrogen and oxygen atoms in total. The van der Waals surface area contributed by atoms with Gasteiger partial charge in [0, 0.05) is 6.04 Å². The van der Waals surface area contributed by atoms with E-state index in [-0.39, 0.29) is 24.5 Å². The van der Waals surface area contributed by atoms with Gasteiger partial charge in [0.05, 0.1) is 12.6 Å². The Hall–Kier alpha value is -1.27. The topological polar surface area (TPSA) is 41.1 Å². The average molecular weight is 180 g/mol. The lowest BCUT2D eigenvalue weighted by Crippen LogP contribution is -2.45. The van der Waals surface area contributed by atoms with Crippen molar-refractivity contribution in [3.8, 4) is 12.3 Å². The fourth-order valence-electron chi connectivity index (χ4n) is 0.829. The summed E-state index contributed by atoms with van der Waals surface area (Å²) in [5, 5.41) is 5.63. The Labute approximate surface area is 79.6 Å². The molecule has 3 heteroatoms. The molecule has 0 spiro atoms. The molecule has 13 heavy (non-hydrogen) atoms. The summed E-state index contributed by atoms with van der Waals surface area (Å²) in [5.41, 5.74) is 0. The largest absolute Gasteiger partial charge is 0.344 e. The smallest absolute Gasteiger partial charge is 0.237 e. The van der Waals surface area contributed by atoms with E-state index < -0.39 is 0 Å². The maximum Gasteiger partial charge on any atom is 0.237 e. The Balaban J connectivity index is 3.83. The van der Waals surface area contributed by atoms with Gasteiger partial charge in [0.1, 0.15) is 0 Å². The number of hydrogen-bond acceptors (Lipinski definition) is 2. The van der Waals surface area contributed by atoms with Crippen LogP contribution in [-0.2, 0) is 4.79 Å². The van der Waals surface area contributed by atoms with Gasteiger partial charge in [-0.05, 0) is 13.8 Å². The summed E-state index contributed by atoms with van der Waals surface area (Å²) in [5.74, 6) is 2.25. The molecule has 0 aliphatic rings. The first-order chi connectivity index (χ1) is 6.11. The standard InChI is InChI=1S/C10H16N2O/c1-5-7-11-10(13)9(4)12-8(3)6-2/h1,6,8-9,12H,2,7H2,3-4H3,(H,11,13). The Morgan fingerprint density at radius 3 is 2.77 bits per heavy atom. The second-order valence-electron chi connectivity index (χ2n) is 2.83. The molecule has 72 valence electrons. The van der Waals surface area contributed by atoms with E-state index in [2.05, 4.69) is 23.1 Å². The number of amides is 1. The van der Waals surface area contributed by atoms with Crippen molar-refractivity contribution in [2.75, 3.05) is 6.54 Å². The van der Waals surface area contributed by atoms with Crippen molar-refractivity contribution in [2.45, 2.75) is 25.9 Å². The minimum atomic E-state index is -0.249. The highest BCUT2D eigenvalue weighted by Gasteiger charge is 2.12. The summed E-state index contributed by atoms with van der Waals surface area (Å²) in [6.45, 7) is 7.59. The van der Waals surface area contributed by atoms with Crippen LogP contribution >= 0.6 is 0 Å². The summed E-state index contributed by atoms with van der Waals surface area (Å²) in [7, 11) is 0. The second kappa shape index (κ2) is 6.27. The molecular formula is C10H16N2O. The third kappa shape index (κ3) is 5.05. The lowest BCUT2D eigenvalue weighted by atomic mass is 10.2. The minimum Gasteiger partial charge on any atom is -0.344 e. The Kier molecular flexibility index (Phi) is 5.66. The van der Waals surface area contributed by atoms with Crippen LogP contribution in [0, 0.1) is 12.3 Å². The molecule has 0 saturated heterocycles. The van der Waals surface area contributed by atoms with Crippen LogP contribution in [0.25, 0.3) is 0 Å². The van der Waals surface area contributed by atoms with E-state index in [1.54, 1.807) is 13.0 Å². The quantitative estimate of drug-likeness (QED) is 0.471. The molecule has 0 heterocycles. The normalized spacial score (nSPS) is 13.9. The monoisotopic (exact) mass is 180 g/mol. The van der Waals surface area contributed by atoms with E-state index in [0.29, 0.717) is 0 Å². The van der Waals surface area contributed by atoms with Crippen LogP contribution < -0.4 is 10.6 Å². The number of nitrogens with one attached hydrogen (secondary N) is 2. The third-order valence-corrected chi connectivity index (χ3v) is 1.62. The van der Waals surface area contributed by atoms with E-state index in [0.717, 1.165) is 0 Å². The van der Waals surface area contributed by atoms with E-state index in [4.69, 9.17) is 6.42 Å². The molecule has 0 aliphatic heterocycles. The molecule has 0 saturated carbocycles. The fourth-order valence-corrected chi connectivity index (χ4v) is 0.829. The van der Waals surface area contributed by atoms with Crippen molar-refractivity contribution in [1.82, 2.24) is 10.6 Å². The van der Waals surface area contributed by atoms with Crippen molar-refractivity contribution < 1.29 is 4.79 Å². The van der Waals surface area contributed by atoms with Crippen molar-refractivity contribution in [1.29, 1.82) is 0 Å². The minimum absolute atomic E-state index is 0.0911. The first-order valence-electron chi connectivity index (χ1n) is 4.21. The number of hydrogen-bond donors (Lipinski definition) is 2. The van der Waals surface area contributed by atoms with Gasteiger partial charge in [-0.2, -0.15) is 0 Å². The van der Waals surface area contributed by atoms with E-state index in [1.165, 1.54) is 0 Å². The molecule has 0 rings (SSSR count). The predicted octanol–water partition coefficient (Wildman–Crippen LogP) is 0.288. The van der Waals surface area contributed by atoms with Gasteiger partial charge < -0.3 is 10.6 Å². The maximum atomic E-state index is 11.2. The second-order valence-corrected chi connectivity index (χ2v) is 2.83. The van der Waals surface area contributed by atoms with E-state index in [1.807, 2.05) is 6.92 Å². The molecule has 0 aromatic carbocycles. The molecule has 2 atom stereocenters. The number of terminal acetylenes is 1. The predicted molar refractivity (Wildman–Crippen MR) is 54.1 cm³/mol. The first-order valence-corrected chi connectivity index (χ1v) is 4.21. The van der Waals surface area contributed by atoms with Crippen LogP contribution in [-0.4, -0.2) is 24.5 Å². The highest BCUT2D eigenvalue weighted by Crippen LogP contribution is 1.87. The Morgan fingerprint density at radius 1 is 1.69 bits per heavy atom. The SMILES string of the molecule is C#CCNC(=O)C(C)NC(C)C=C. The van der Waals surface area contributed by atoms with Gasteiger partial charge in [0.2, 0.25) is 5.91 Å². The first kappa shape index (κ1) is 11.7. The van der Waals surface area contributed by atoms with Gasteiger partial charge >= 0.3 is 0 Å². The van der Waals surface area contributed by atoms with Crippen LogP contribution in [0.5, 0.6) is 0 Å². The molecule has 0 bridgehead atoms. The van der Waals surface area contributed by atoms with E-state index >= 15 is 0 Å². The van der Waals surface area contributed by atoms with Gasteiger partial charge in [-0.25, -0.2) is 0 Å². The number of rotatable bonds is 5. The van der Waals surface area contributed by atoms with Gasteiger partial charge in [-0.15, -0.1) is 13.0 Å². The zero-order valence-corrected chi connectivity index (χ0v) is 8.13. The van der Waals surface area contributed by atoms with E-state index in [9.17, 15) is 4.79 Å². The lowest BCUT2D eigenvalue weighted by molar-refractivity contribution is -0.122. The van der Waals surface area contributed by atoms with Crippen molar-refractivity contribution in [3.63, 3.8) is 0 Å². The van der Waals surface area contributed by atoms with Crippen LogP contribution in [0.4, 0.5) is 0 Å². The zero-order chi connectivity index (χ0) is 10.3. The average Bonchev–Trinajstić information content (AvgIpc) is 2.13. The van der Waals surface area contributed by atoms with Crippen LogP contribution in [0.3, 0.4) is 0 Å². The summed E-state index contributed by atoms with van der Waals surface area (Å²) in [6.07, 6.45) is 6.74. The van der Waals surface area contributed by atoms with Crippen molar-refractivity contribution in [2.24, 2.45) is 0 Å². The summed E-state index contributed by atoms with van der Waals surface area (Å²) in [6, 6.07) is -0.132. The molecule has 0 radical (unpaired) electrons. The molecule has 0 aliphatic carbocycles. The molecule has 1 amide bonds. The van der Waals surface area contributed by atoms with Crippen LogP contribution in [0.15, 0.2) is 12.7 Å². The van der Waals surface area contributed by atoms with Crippen LogP contribution in [0.2, 0.25) is 0 Å². The molecule has 0 aromatic rings. The molecule has 2 N–H and O–H groups in total. The van der Waals surface area contributed by atoms with Crippen molar-refractivity contribution >= 4 is 5.91 Å². The molecular weight excluding hydrogens is 164 g/mol. The molecule has 2 unspecified atom stereocenters. The van der Waals surface area contributed by atoms with Gasteiger partial charge in [0.15, 0.2) is 0 Å². The highest BCUT2D eigenvalue weighted by atomic mass is 16.2.